The normalized spacial score (nSPS) is 10.8. The van der Waals surface area contributed by atoms with Gasteiger partial charge in [0.05, 0.1) is 18.1 Å². The minimum Gasteiger partial charge on any atom is -0.484 e. The third kappa shape index (κ3) is 5.50. The Morgan fingerprint density at radius 3 is 2.66 bits per heavy atom. The van der Waals surface area contributed by atoms with E-state index in [1.54, 1.807) is 47.3 Å². The van der Waals surface area contributed by atoms with Gasteiger partial charge in [-0.15, -0.1) is 0 Å². The van der Waals surface area contributed by atoms with Crippen LogP contribution in [0.4, 0.5) is 10.2 Å². The maximum absolute atomic E-state index is 13.1. The van der Waals surface area contributed by atoms with Crippen molar-refractivity contribution in [3.63, 3.8) is 0 Å². The molecule has 32 heavy (non-hydrogen) atoms. The Balaban J connectivity index is 1.29. The first-order valence-corrected chi connectivity index (χ1v) is 10.3. The first kappa shape index (κ1) is 21.5. The summed E-state index contributed by atoms with van der Waals surface area (Å²) in [6.45, 7) is 1.19. The molecule has 10 heteroatoms. The van der Waals surface area contributed by atoms with Crippen molar-refractivity contribution in [2.45, 2.75) is 13.1 Å². The molecule has 1 amide bonds. The van der Waals surface area contributed by atoms with E-state index in [1.807, 2.05) is 0 Å². The van der Waals surface area contributed by atoms with Crippen molar-refractivity contribution in [1.29, 1.82) is 0 Å². The standard InChI is InChI=1S/C22H20ClFN6O2/c23-16-3-7-18(8-4-16)32-13-20(31)25-9-10-30-22-19(12-29-30)21(27-14-28-22)26-11-15-1-5-17(24)6-2-15/h1-8,12,14H,9-11,13H2,(H,25,31)(H,26,27,28). The number of hydrogen-bond acceptors (Lipinski definition) is 6. The van der Waals surface area contributed by atoms with E-state index in [9.17, 15) is 9.18 Å². The number of nitrogens with one attached hydrogen (secondary N) is 2. The van der Waals surface area contributed by atoms with Gasteiger partial charge in [0.1, 0.15) is 23.7 Å². The third-order valence-corrected chi connectivity index (χ3v) is 4.89. The number of fused-ring (bicyclic) bond motifs is 1. The average molecular weight is 455 g/mol. The minimum absolute atomic E-state index is 0.0961. The predicted molar refractivity (Wildman–Crippen MR) is 119 cm³/mol. The molecule has 0 aliphatic carbocycles. The molecule has 0 bridgehead atoms. The molecule has 2 aromatic carbocycles. The average Bonchev–Trinajstić information content (AvgIpc) is 3.22. The van der Waals surface area contributed by atoms with E-state index < -0.39 is 0 Å². The Kier molecular flexibility index (Phi) is 6.76. The summed E-state index contributed by atoms with van der Waals surface area (Å²) in [7, 11) is 0. The number of halogens is 2. The molecule has 2 N–H and O–H groups in total. The lowest BCUT2D eigenvalue weighted by atomic mass is 10.2. The Hall–Kier alpha value is -3.72. The number of aromatic nitrogens is 4. The zero-order chi connectivity index (χ0) is 22.3. The van der Waals surface area contributed by atoms with Gasteiger partial charge in [-0.2, -0.15) is 5.10 Å². The van der Waals surface area contributed by atoms with E-state index in [2.05, 4.69) is 25.7 Å². The molecule has 8 nitrogen and oxygen atoms in total. The lowest BCUT2D eigenvalue weighted by Gasteiger charge is -2.09. The number of rotatable bonds is 9. The van der Waals surface area contributed by atoms with Crippen LogP contribution in [-0.4, -0.2) is 38.8 Å². The van der Waals surface area contributed by atoms with Gasteiger partial charge < -0.3 is 15.4 Å². The topological polar surface area (TPSA) is 94.0 Å². The van der Waals surface area contributed by atoms with E-state index >= 15 is 0 Å². The third-order valence-electron chi connectivity index (χ3n) is 4.64. The fourth-order valence-corrected chi connectivity index (χ4v) is 3.14. The number of carbonyl (C=O) groups excluding carboxylic acids is 1. The summed E-state index contributed by atoms with van der Waals surface area (Å²) in [6.07, 6.45) is 3.12. The zero-order valence-electron chi connectivity index (χ0n) is 17.0. The van der Waals surface area contributed by atoms with Gasteiger partial charge in [0.15, 0.2) is 12.3 Å². The van der Waals surface area contributed by atoms with Crippen molar-refractivity contribution in [2.24, 2.45) is 0 Å². The monoisotopic (exact) mass is 454 g/mol. The largest absolute Gasteiger partial charge is 0.484 e. The Bertz CT molecular complexity index is 1200. The Labute approximate surface area is 188 Å². The molecule has 0 fully saturated rings. The smallest absolute Gasteiger partial charge is 0.258 e. The van der Waals surface area contributed by atoms with Crippen LogP contribution in [0.3, 0.4) is 0 Å². The number of ether oxygens (including phenoxy) is 1. The summed E-state index contributed by atoms with van der Waals surface area (Å²) in [4.78, 5) is 20.6. The van der Waals surface area contributed by atoms with E-state index in [4.69, 9.17) is 16.3 Å². The Morgan fingerprint density at radius 1 is 1.09 bits per heavy atom. The van der Waals surface area contributed by atoms with Crippen LogP contribution in [0.5, 0.6) is 5.75 Å². The van der Waals surface area contributed by atoms with E-state index in [1.165, 1.54) is 18.5 Å². The highest BCUT2D eigenvalue weighted by Gasteiger charge is 2.10. The van der Waals surface area contributed by atoms with Crippen LogP contribution >= 0.6 is 11.6 Å². The van der Waals surface area contributed by atoms with Crippen molar-refractivity contribution in [1.82, 2.24) is 25.1 Å². The number of hydrogen-bond donors (Lipinski definition) is 2. The van der Waals surface area contributed by atoms with Crippen LogP contribution in [0, 0.1) is 5.82 Å². The van der Waals surface area contributed by atoms with Gasteiger partial charge >= 0.3 is 0 Å². The van der Waals surface area contributed by atoms with Crippen LogP contribution in [0.2, 0.25) is 5.02 Å². The van der Waals surface area contributed by atoms with E-state index in [0.29, 0.717) is 41.9 Å². The van der Waals surface area contributed by atoms with Gasteiger partial charge in [0.25, 0.3) is 5.91 Å². The second-order valence-electron chi connectivity index (χ2n) is 6.90. The molecule has 0 aliphatic rings. The minimum atomic E-state index is -0.275. The first-order valence-electron chi connectivity index (χ1n) is 9.88. The molecule has 164 valence electrons. The van der Waals surface area contributed by atoms with Crippen molar-refractivity contribution >= 4 is 34.4 Å². The van der Waals surface area contributed by atoms with Crippen molar-refractivity contribution in [3.05, 3.63) is 77.5 Å². The Morgan fingerprint density at radius 2 is 1.88 bits per heavy atom. The van der Waals surface area contributed by atoms with Gasteiger partial charge in [-0.1, -0.05) is 23.7 Å². The molecule has 0 radical (unpaired) electrons. The summed E-state index contributed by atoms with van der Waals surface area (Å²) in [5.41, 5.74) is 1.57. The molecule has 2 heterocycles. The summed E-state index contributed by atoms with van der Waals surface area (Å²) in [6, 6.07) is 13.1. The van der Waals surface area contributed by atoms with E-state index in [0.717, 1.165) is 10.9 Å². The van der Waals surface area contributed by atoms with Gasteiger partial charge in [0, 0.05) is 18.1 Å². The maximum atomic E-state index is 13.1. The lowest BCUT2D eigenvalue weighted by molar-refractivity contribution is -0.123. The van der Waals surface area contributed by atoms with Crippen LogP contribution in [0.1, 0.15) is 5.56 Å². The molecule has 0 saturated heterocycles. The van der Waals surface area contributed by atoms with Crippen LogP contribution < -0.4 is 15.4 Å². The highest BCUT2D eigenvalue weighted by Crippen LogP contribution is 2.19. The molecule has 0 spiro atoms. The quantitative estimate of drug-likeness (QED) is 0.402. The highest BCUT2D eigenvalue weighted by atomic mass is 35.5. The van der Waals surface area contributed by atoms with E-state index in [-0.39, 0.29) is 18.3 Å². The number of benzene rings is 2. The van der Waals surface area contributed by atoms with Gasteiger partial charge in [-0.05, 0) is 42.0 Å². The molecule has 0 unspecified atom stereocenters. The first-order chi connectivity index (χ1) is 15.6. The van der Waals surface area contributed by atoms with Crippen LogP contribution in [-0.2, 0) is 17.9 Å². The van der Waals surface area contributed by atoms with Crippen LogP contribution in [0.25, 0.3) is 11.0 Å². The van der Waals surface area contributed by atoms with Gasteiger partial charge in [0.2, 0.25) is 0 Å². The highest BCUT2D eigenvalue weighted by molar-refractivity contribution is 6.30. The molecule has 4 aromatic rings. The summed E-state index contributed by atoms with van der Waals surface area (Å²) >= 11 is 5.83. The second-order valence-corrected chi connectivity index (χ2v) is 7.34. The van der Waals surface area contributed by atoms with Crippen molar-refractivity contribution < 1.29 is 13.9 Å². The molecule has 0 atom stereocenters. The fraction of sp³-hybridized carbons (Fsp3) is 0.182. The number of amides is 1. The summed E-state index contributed by atoms with van der Waals surface area (Å²) in [5, 5.41) is 11.7. The SMILES string of the molecule is O=C(COc1ccc(Cl)cc1)NCCn1ncc2c(NCc3ccc(F)cc3)ncnc21. The molecule has 0 aliphatic heterocycles. The molecule has 4 rings (SSSR count). The summed E-state index contributed by atoms with van der Waals surface area (Å²) in [5.74, 6) is 0.682. The molecule has 0 saturated carbocycles. The lowest BCUT2D eigenvalue weighted by Crippen LogP contribution is -2.31. The number of nitrogens with zero attached hydrogens (tertiary/aromatic N) is 4. The maximum Gasteiger partial charge on any atom is 0.258 e. The zero-order valence-corrected chi connectivity index (χ0v) is 17.7. The molecular formula is C22H20ClFN6O2. The molecular weight excluding hydrogens is 435 g/mol. The van der Waals surface area contributed by atoms with Crippen LogP contribution in [0.15, 0.2) is 61.1 Å². The predicted octanol–water partition coefficient (Wildman–Crippen LogP) is 3.43. The van der Waals surface area contributed by atoms with Gasteiger partial charge in [-0.3, -0.25) is 4.79 Å². The number of anilines is 1. The van der Waals surface area contributed by atoms with Crippen molar-refractivity contribution in [3.8, 4) is 5.75 Å². The molecule has 2 aromatic heterocycles. The second kappa shape index (κ2) is 10.1. The van der Waals surface area contributed by atoms with Gasteiger partial charge in [-0.25, -0.2) is 19.0 Å². The number of carbonyl (C=O) groups is 1. The summed E-state index contributed by atoms with van der Waals surface area (Å²) < 4.78 is 20.2. The van der Waals surface area contributed by atoms with Crippen molar-refractivity contribution in [2.75, 3.05) is 18.5 Å². The fourth-order valence-electron chi connectivity index (χ4n) is 3.02.